The molecule has 0 aromatic carbocycles. The van der Waals surface area contributed by atoms with Gasteiger partial charge in [0.05, 0.1) is 24.3 Å². The number of esters is 1. The van der Waals surface area contributed by atoms with Gasteiger partial charge in [-0.05, 0) is 13.0 Å². The lowest BCUT2D eigenvalue weighted by molar-refractivity contribution is -0.227. The molecule has 4 nitrogen and oxygen atoms in total. The summed E-state index contributed by atoms with van der Waals surface area (Å²) >= 11 is 5.45. The van der Waals surface area contributed by atoms with Crippen LogP contribution in [0.3, 0.4) is 0 Å². The van der Waals surface area contributed by atoms with Gasteiger partial charge in [0.15, 0.2) is 0 Å². The van der Waals surface area contributed by atoms with Crippen molar-refractivity contribution in [2.24, 2.45) is 0 Å². The molecule has 98 valence electrons. The number of alkyl halides is 3. The minimum Gasteiger partial charge on any atom is -0.463 e. The van der Waals surface area contributed by atoms with Crippen molar-refractivity contribution >= 4 is 17.6 Å². The number of rotatable bonds is 2. The Hall–Kier alpha value is -1.68. The van der Waals surface area contributed by atoms with E-state index >= 15 is 0 Å². The molecule has 0 fully saturated rings. The second-order valence-corrected chi connectivity index (χ2v) is 3.62. The summed E-state index contributed by atoms with van der Waals surface area (Å²) in [6, 6.07) is 1.50. The molecule has 0 aliphatic carbocycles. The second-order valence-electron chi connectivity index (χ2n) is 3.26. The highest BCUT2D eigenvalue weighted by atomic mass is 35.5. The number of nitriles is 1. The molecule has 8 heteroatoms. The van der Waals surface area contributed by atoms with Crippen molar-refractivity contribution in [2.75, 3.05) is 13.2 Å². The zero-order valence-electron chi connectivity index (χ0n) is 9.21. The van der Waals surface area contributed by atoms with E-state index < -0.39 is 29.5 Å². The average molecular weight is 281 g/mol. The standard InChI is InChI=1S/C10H8ClF3N2O2/c1-2-18-9(17)7-3-6(4-15)8(11)16(5-7)10(12,13)14/h3H,2,5H2,1H3. The molecular formula is C10H8ClF3N2O2. The Balaban J connectivity index is 3.13. The number of carbonyl (C=O) groups is 1. The Labute approximate surface area is 106 Å². The van der Waals surface area contributed by atoms with Gasteiger partial charge in [-0.25, -0.2) is 4.79 Å². The van der Waals surface area contributed by atoms with Crippen LogP contribution in [0.15, 0.2) is 22.4 Å². The Kier molecular flexibility index (Phi) is 4.24. The zero-order valence-corrected chi connectivity index (χ0v) is 9.97. The SMILES string of the molecule is CCOC(=O)C1=CC(C#N)=C(Cl)N(C(F)(F)F)C1. The van der Waals surface area contributed by atoms with E-state index in [1.54, 1.807) is 0 Å². The molecule has 0 aromatic rings. The maximum Gasteiger partial charge on any atom is 0.485 e. The summed E-state index contributed by atoms with van der Waals surface area (Å²) in [5.41, 5.74) is -0.696. The summed E-state index contributed by atoms with van der Waals surface area (Å²) < 4.78 is 42.5. The molecule has 0 aromatic heterocycles. The van der Waals surface area contributed by atoms with Crippen molar-refractivity contribution < 1.29 is 22.7 Å². The van der Waals surface area contributed by atoms with Crippen molar-refractivity contribution in [3.63, 3.8) is 0 Å². The highest BCUT2D eigenvalue weighted by Crippen LogP contribution is 2.34. The van der Waals surface area contributed by atoms with Gasteiger partial charge in [-0.1, -0.05) is 11.6 Å². The Morgan fingerprint density at radius 3 is 2.72 bits per heavy atom. The average Bonchev–Trinajstić information content (AvgIpc) is 2.28. The molecule has 0 radical (unpaired) electrons. The molecule has 1 rings (SSSR count). The summed E-state index contributed by atoms with van der Waals surface area (Å²) in [5, 5.41) is 7.94. The number of hydrogen-bond donors (Lipinski definition) is 0. The first-order chi connectivity index (χ1) is 8.31. The van der Waals surface area contributed by atoms with Gasteiger partial charge >= 0.3 is 12.3 Å². The van der Waals surface area contributed by atoms with Gasteiger partial charge < -0.3 is 4.74 Å². The molecule has 1 aliphatic rings. The van der Waals surface area contributed by atoms with Crippen molar-refractivity contribution in [3.05, 3.63) is 22.4 Å². The molecule has 0 bridgehead atoms. The van der Waals surface area contributed by atoms with Crippen molar-refractivity contribution in [3.8, 4) is 6.07 Å². The fourth-order valence-corrected chi connectivity index (χ4v) is 1.54. The Morgan fingerprint density at radius 1 is 1.67 bits per heavy atom. The van der Waals surface area contributed by atoms with Crippen LogP contribution < -0.4 is 0 Å². The fourth-order valence-electron chi connectivity index (χ4n) is 1.29. The highest BCUT2D eigenvalue weighted by molar-refractivity contribution is 6.30. The van der Waals surface area contributed by atoms with Crippen LogP contribution in [0.2, 0.25) is 0 Å². The predicted molar refractivity (Wildman–Crippen MR) is 56.0 cm³/mol. The lowest BCUT2D eigenvalue weighted by Gasteiger charge is -2.29. The maximum absolute atomic E-state index is 12.6. The summed E-state index contributed by atoms with van der Waals surface area (Å²) in [6.45, 7) is 0.782. The van der Waals surface area contributed by atoms with Gasteiger partial charge in [-0.3, -0.25) is 4.90 Å². The highest BCUT2D eigenvalue weighted by Gasteiger charge is 2.42. The van der Waals surface area contributed by atoms with Crippen LogP contribution >= 0.6 is 11.6 Å². The zero-order chi connectivity index (χ0) is 13.9. The Morgan fingerprint density at radius 2 is 2.28 bits per heavy atom. The van der Waals surface area contributed by atoms with E-state index in [2.05, 4.69) is 4.74 Å². The van der Waals surface area contributed by atoms with Crippen LogP contribution in [0, 0.1) is 11.3 Å². The quantitative estimate of drug-likeness (QED) is 0.575. The minimum atomic E-state index is -4.77. The van der Waals surface area contributed by atoms with E-state index in [9.17, 15) is 18.0 Å². The lowest BCUT2D eigenvalue weighted by atomic mass is 10.1. The van der Waals surface area contributed by atoms with Crippen LogP contribution in [0.4, 0.5) is 13.2 Å². The summed E-state index contributed by atoms with van der Waals surface area (Å²) in [5.74, 6) is -0.899. The van der Waals surface area contributed by atoms with Gasteiger partial charge in [0.2, 0.25) is 0 Å². The molecule has 0 unspecified atom stereocenters. The summed E-state index contributed by atoms with van der Waals surface area (Å²) in [6.07, 6.45) is -3.77. The van der Waals surface area contributed by atoms with Crippen LogP contribution in [-0.4, -0.2) is 30.3 Å². The van der Waals surface area contributed by atoms with Crippen LogP contribution in [-0.2, 0) is 9.53 Å². The minimum absolute atomic E-state index is 0.0293. The maximum atomic E-state index is 12.6. The summed E-state index contributed by atoms with van der Waals surface area (Å²) in [4.78, 5) is 11.2. The van der Waals surface area contributed by atoms with Crippen molar-refractivity contribution in [1.29, 1.82) is 5.26 Å². The van der Waals surface area contributed by atoms with E-state index in [0.29, 0.717) is 0 Å². The van der Waals surface area contributed by atoms with Crippen LogP contribution in [0.1, 0.15) is 6.92 Å². The second kappa shape index (κ2) is 5.31. The number of allylic oxidation sites excluding steroid dienone is 2. The number of ether oxygens (including phenoxy) is 1. The molecule has 1 aliphatic heterocycles. The molecule has 18 heavy (non-hydrogen) atoms. The van der Waals surface area contributed by atoms with Gasteiger partial charge in [0, 0.05) is 0 Å². The normalized spacial score (nSPS) is 16.2. The molecule has 0 N–H and O–H groups in total. The first-order valence-corrected chi connectivity index (χ1v) is 5.21. The first-order valence-electron chi connectivity index (χ1n) is 4.83. The molecule has 0 saturated carbocycles. The third-order valence-electron chi connectivity index (χ3n) is 2.07. The first kappa shape index (κ1) is 14.4. The van der Waals surface area contributed by atoms with Gasteiger partial charge in [-0.15, -0.1) is 0 Å². The summed E-state index contributed by atoms with van der Waals surface area (Å²) in [7, 11) is 0. The third kappa shape index (κ3) is 2.96. The van der Waals surface area contributed by atoms with E-state index in [1.165, 1.54) is 13.0 Å². The van der Waals surface area contributed by atoms with Crippen molar-refractivity contribution in [2.45, 2.75) is 13.2 Å². The van der Waals surface area contributed by atoms with Gasteiger partial charge in [0.25, 0.3) is 0 Å². The smallest absolute Gasteiger partial charge is 0.463 e. The molecule has 0 saturated heterocycles. The van der Waals surface area contributed by atoms with Crippen LogP contribution in [0.5, 0.6) is 0 Å². The van der Waals surface area contributed by atoms with E-state index in [0.717, 1.165) is 6.08 Å². The van der Waals surface area contributed by atoms with Crippen LogP contribution in [0.25, 0.3) is 0 Å². The van der Waals surface area contributed by atoms with Gasteiger partial charge in [0.1, 0.15) is 11.2 Å². The number of nitrogens with zero attached hydrogens (tertiary/aromatic N) is 2. The molecule has 0 atom stereocenters. The number of hydrogen-bond acceptors (Lipinski definition) is 4. The van der Waals surface area contributed by atoms with E-state index in [4.69, 9.17) is 16.9 Å². The monoisotopic (exact) mass is 280 g/mol. The fraction of sp³-hybridized carbons (Fsp3) is 0.400. The largest absolute Gasteiger partial charge is 0.485 e. The predicted octanol–water partition coefficient (Wildman–Crippen LogP) is 2.29. The molecule has 0 amide bonds. The number of carbonyl (C=O) groups excluding carboxylic acids is 1. The lowest BCUT2D eigenvalue weighted by Crippen LogP contribution is -2.40. The van der Waals surface area contributed by atoms with Gasteiger partial charge in [-0.2, -0.15) is 18.4 Å². The van der Waals surface area contributed by atoms with E-state index in [-0.39, 0.29) is 17.1 Å². The van der Waals surface area contributed by atoms with Crippen molar-refractivity contribution in [1.82, 2.24) is 4.90 Å². The number of halogens is 4. The molecule has 0 spiro atoms. The molecular weight excluding hydrogens is 273 g/mol. The Bertz CT molecular complexity index is 463. The topological polar surface area (TPSA) is 53.3 Å². The third-order valence-corrected chi connectivity index (χ3v) is 2.48. The molecule has 1 heterocycles. The van der Waals surface area contributed by atoms with E-state index in [1.807, 2.05) is 0 Å².